The van der Waals surface area contributed by atoms with Crippen molar-refractivity contribution in [2.24, 2.45) is 0 Å². The quantitative estimate of drug-likeness (QED) is 0.789. The first kappa shape index (κ1) is 13.6. The summed E-state index contributed by atoms with van der Waals surface area (Å²) >= 11 is 5.85. The predicted octanol–water partition coefficient (Wildman–Crippen LogP) is 1.67. The molecule has 1 amide bonds. The second-order valence-corrected chi connectivity index (χ2v) is 4.98. The number of hydrogen-bond acceptors (Lipinski definition) is 4. The van der Waals surface area contributed by atoms with Crippen molar-refractivity contribution >= 4 is 23.3 Å². The Morgan fingerprint density at radius 3 is 2.84 bits per heavy atom. The van der Waals surface area contributed by atoms with Gasteiger partial charge in [0.05, 0.1) is 18.2 Å². The second kappa shape index (κ2) is 5.89. The van der Waals surface area contributed by atoms with Gasteiger partial charge in [-0.15, -0.1) is 0 Å². The molecule has 1 aliphatic heterocycles. The smallest absolute Gasteiger partial charge is 0.242 e. The van der Waals surface area contributed by atoms with Gasteiger partial charge in [0.25, 0.3) is 0 Å². The van der Waals surface area contributed by atoms with E-state index in [9.17, 15) is 4.79 Å². The van der Waals surface area contributed by atoms with E-state index in [-0.39, 0.29) is 17.6 Å². The van der Waals surface area contributed by atoms with E-state index in [4.69, 9.17) is 16.9 Å². The molecular formula is C13H15ClN4O. The number of nitriles is 1. The largest absolute Gasteiger partial charge is 0.350 e. The van der Waals surface area contributed by atoms with Gasteiger partial charge in [0, 0.05) is 20.1 Å². The fourth-order valence-corrected chi connectivity index (χ4v) is 2.30. The molecule has 1 aliphatic rings. The van der Waals surface area contributed by atoms with Gasteiger partial charge in [0.15, 0.2) is 0 Å². The Bertz CT molecular complexity index is 520. The van der Waals surface area contributed by atoms with E-state index in [1.807, 2.05) is 11.0 Å². The Kier molecular flexibility index (Phi) is 4.23. The van der Waals surface area contributed by atoms with Crippen LogP contribution in [0.2, 0.25) is 5.15 Å². The lowest BCUT2D eigenvalue weighted by atomic mass is 10.3. The van der Waals surface area contributed by atoms with Crippen LogP contribution < -0.4 is 4.90 Å². The minimum absolute atomic E-state index is 0.0836. The lowest BCUT2D eigenvalue weighted by Gasteiger charge is -2.22. The van der Waals surface area contributed by atoms with Crippen molar-refractivity contribution < 1.29 is 4.79 Å². The summed E-state index contributed by atoms with van der Waals surface area (Å²) in [7, 11) is 1.77. The van der Waals surface area contributed by atoms with Gasteiger partial charge in [-0.3, -0.25) is 4.79 Å². The van der Waals surface area contributed by atoms with Crippen molar-refractivity contribution in [2.75, 3.05) is 31.6 Å². The SMILES string of the molecule is CN(CC(=O)N1CCCC1)c1cc(C#N)cc(Cl)n1. The van der Waals surface area contributed by atoms with E-state index in [0.717, 1.165) is 25.9 Å². The number of rotatable bonds is 3. The van der Waals surface area contributed by atoms with E-state index in [0.29, 0.717) is 11.4 Å². The number of anilines is 1. The van der Waals surface area contributed by atoms with Gasteiger partial charge in [-0.05, 0) is 25.0 Å². The highest BCUT2D eigenvalue weighted by molar-refractivity contribution is 6.29. The average Bonchev–Trinajstić information content (AvgIpc) is 2.91. The fraction of sp³-hybridized carbons (Fsp3) is 0.462. The lowest BCUT2D eigenvalue weighted by Crippen LogP contribution is -2.37. The zero-order valence-electron chi connectivity index (χ0n) is 10.8. The summed E-state index contributed by atoms with van der Waals surface area (Å²) in [6.45, 7) is 1.91. The van der Waals surface area contributed by atoms with Crippen LogP contribution in [0.3, 0.4) is 0 Å². The molecule has 100 valence electrons. The highest BCUT2D eigenvalue weighted by Crippen LogP contribution is 2.17. The van der Waals surface area contributed by atoms with Gasteiger partial charge in [0.1, 0.15) is 11.0 Å². The molecule has 6 heteroatoms. The molecule has 2 rings (SSSR count). The Morgan fingerprint density at radius 1 is 1.53 bits per heavy atom. The van der Waals surface area contributed by atoms with Crippen LogP contribution in [0.5, 0.6) is 0 Å². The van der Waals surface area contributed by atoms with Crippen molar-refractivity contribution in [1.82, 2.24) is 9.88 Å². The average molecular weight is 279 g/mol. The number of carbonyl (C=O) groups is 1. The van der Waals surface area contributed by atoms with Crippen LogP contribution in [0.15, 0.2) is 12.1 Å². The second-order valence-electron chi connectivity index (χ2n) is 4.59. The van der Waals surface area contributed by atoms with Crippen LogP contribution >= 0.6 is 11.6 Å². The highest BCUT2D eigenvalue weighted by Gasteiger charge is 2.19. The van der Waals surface area contributed by atoms with Crippen molar-refractivity contribution in [3.8, 4) is 6.07 Å². The Hall–Kier alpha value is -1.80. The number of likely N-dealkylation sites (N-methyl/N-ethyl adjacent to an activating group) is 1. The minimum Gasteiger partial charge on any atom is -0.350 e. The standard InChI is InChI=1S/C13H15ClN4O/c1-17(9-13(19)18-4-2-3-5-18)12-7-10(8-15)6-11(14)16-12/h6-7H,2-5,9H2,1H3. The van der Waals surface area contributed by atoms with Crippen LogP contribution in [-0.2, 0) is 4.79 Å². The molecule has 1 aromatic rings. The summed E-state index contributed by atoms with van der Waals surface area (Å²) in [5.41, 5.74) is 0.440. The first-order valence-electron chi connectivity index (χ1n) is 6.17. The first-order chi connectivity index (χ1) is 9.10. The zero-order chi connectivity index (χ0) is 13.8. The molecular weight excluding hydrogens is 264 g/mol. The Labute approximate surface area is 117 Å². The van der Waals surface area contributed by atoms with Crippen LogP contribution in [0, 0.1) is 11.3 Å². The normalized spacial score (nSPS) is 14.3. The third-order valence-electron chi connectivity index (χ3n) is 3.13. The fourth-order valence-electron chi connectivity index (χ4n) is 2.09. The molecule has 19 heavy (non-hydrogen) atoms. The van der Waals surface area contributed by atoms with Gasteiger partial charge < -0.3 is 9.80 Å². The summed E-state index contributed by atoms with van der Waals surface area (Å²) in [6.07, 6.45) is 2.15. The van der Waals surface area contributed by atoms with Crippen molar-refractivity contribution in [3.05, 3.63) is 22.8 Å². The molecule has 0 unspecified atom stereocenters. The molecule has 2 heterocycles. The van der Waals surface area contributed by atoms with Crippen molar-refractivity contribution in [1.29, 1.82) is 5.26 Å². The Morgan fingerprint density at radius 2 is 2.21 bits per heavy atom. The van der Waals surface area contributed by atoms with E-state index in [1.165, 1.54) is 6.07 Å². The van der Waals surface area contributed by atoms with Gasteiger partial charge in [-0.2, -0.15) is 5.26 Å². The molecule has 1 fully saturated rings. The van der Waals surface area contributed by atoms with E-state index < -0.39 is 0 Å². The number of likely N-dealkylation sites (tertiary alicyclic amines) is 1. The van der Waals surface area contributed by atoms with E-state index >= 15 is 0 Å². The summed E-state index contributed by atoms with van der Waals surface area (Å²) in [5, 5.41) is 9.15. The van der Waals surface area contributed by atoms with Gasteiger partial charge >= 0.3 is 0 Å². The van der Waals surface area contributed by atoms with Crippen LogP contribution in [0.25, 0.3) is 0 Å². The summed E-state index contributed by atoms with van der Waals surface area (Å²) < 4.78 is 0. The molecule has 0 aliphatic carbocycles. The number of pyridine rings is 1. The van der Waals surface area contributed by atoms with Crippen molar-refractivity contribution in [2.45, 2.75) is 12.8 Å². The maximum atomic E-state index is 12.0. The van der Waals surface area contributed by atoms with E-state index in [1.54, 1.807) is 18.0 Å². The number of carbonyl (C=O) groups excluding carboxylic acids is 1. The highest BCUT2D eigenvalue weighted by atomic mass is 35.5. The summed E-state index contributed by atoms with van der Waals surface area (Å²) in [6, 6.07) is 5.15. The molecule has 5 nitrogen and oxygen atoms in total. The van der Waals surface area contributed by atoms with Gasteiger partial charge in [-0.1, -0.05) is 11.6 Å². The maximum Gasteiger partial charge on any atom is 0.242 e. The molecule has 1 saturated heterocycles. The van der Waals surface area contributed by atoms with Crippen molar-refractivity contribution in [3.63, 3.8) is 0 Å². The summed E-state index contributed by atoms with van der Waals surface area (Å²) in [4.78, 5) is 19.7. The first-order valence-corrected chi connectivity index (χ1v) is 6.54. The Balaban J connectivity index is 2.07. The minimum atomic E-state index is 0.0836. The molecule has 0 spiro atoms. The molecule has 0 N–H and O–H groups in total. The van der Waals surface area contributed by atoms with Crippen LogP contribution in [0.1, 0.15) is 18.4 Å². The topological polar surface area (TPSA) is 60.2 Å². The number of nitrogens with zero attached hydrogens (tertiary/aromatic N) is 4. The third-order valence-corrected chi connectivity index (χ3v) is 3.33. The molecule has 0 atom stereocenters. The van der Waals surface area contributed by atoms with Crippen LogP contribution in [-0.4, -0.2) is 42.5 Å². The number of hydrogen-bond donors (Lipinski definition) is 0. The summed E-state index contributed by atoms with van der Waals surface area (Å²) in [5.74, 6) is 0.622. The van der Waals surface area contributed by atoms with Gasteiger partial charge in [0.2, 0.25) is 5.91 Å². The molecule has 0 bridgehead atoms. The molecule has 0 aromatic carbocycles. The maximum absolute atomic E-state index is 12.0. The predicted molar refractivity (Wildman–Crippen MR) is 73.0 cm³/mol. The van der Waals surface area contributed by atoms with E-state index in [2.05, 4.69) is 4.98 Å². The number of halogens is 1. The molecule has 1 aromatic heterocycles. The van der Waals surface area contributed by atoms with Gasteiger partial charge in [-0.25, -0.2) is 4.98 Å². The molecule has 0 radical (unpaired) electrons. The number of aromatic nitrogens is 1. The third kappa shape index (κ3) is 3.36. The lowest BCUT2D eigenvalue weighted by molar-refractivity contribution is -0.128. The van der Waals surface area contributed by atoms with Crippen LogP contribution in [0.4, 0.5) is 5.82 Å². The molecule has 0 saturated carbocycles. The number of amides is 1. The zero-order valence-corrected chi connectivity index (χ0v) is 11.5. The monoisotopic (exact) mass is 278 g/mol.